The van der Waals surface area contributed by atoms with E-state index in [4.69, 9.17) is 4.43 Å². The van der Waals surface area contributed by atoms with Gasteiger partial charge in [0.05, 0.1) is 13.7 Å². The lowest BCUT2D eigenvalue weighted by molar-refractivity contribution is 0.0733. The van der Waals surface area contributed by atoms with Gasteiger partial charge in [-0.05, 0) is 25.2 Å². The Hall–Kier alpha value is -0.686. The molecule has 1 aromatic carbocycles. The van der Waals surface area contributed by atoms with E-state index < -0.39 is 27.6 Å². The van der Waals surface area contributed by atoms with Crippen LogP contribution in [0.5, 0.6) is 0 Å². The molecule has 2 atom stereocenters. The summed E-state index contributed by atoms with van der Waals surface area (Å²) in [4.78, 5) is 0. The van der Waals surface area contributed by atoms with Crippen LogP contribution in [0, 0.1) is 0 Å². The van der Waals surface area contributed by atoms with Crippen molar-refractivity contribution >= 4 is 21.6 Å². The van der Waals surface area contributed by atoms with Gasteiger partial charge in [0.2, 0.25) is 8.32 Å². The first kappa shape index (κ1) is 16.7. The van der Waals surface area contributed by atoms with Gasteiger partial charge < -0.3 is 9.53 Å². The lowest BCUT2D eigenvalue weighted by Gasteiger charge is -2.30. The summed E-state index contributed by atoms with van der Waals surface area (Å²) >= 11 is 0. The SMILES string of the molecule is C[C@]1(O)C[C@@]1(/C=C\[Si](C)(C)C)O[Si](C)(C)c1ccccc1. The van der Waals surface area contributed by atoms with Gasteiger partial charge in [0.1, 0.15) is 5.60 Å². The number of aliphatic hydroxyl groups is 1. The number of hydrogen-bond acceptors (Lipinski definition) is 2. The van der Waals surface area contributed by atoms with Crippen molar-refractivity contribution in [2.75, 3.05) is 0 Å². The predicted octanol–water partition coefficient (Wildman–Crippen LogP) is 3.44. The zero-order chi connectivity index (χ0) is 15.9. The van der Waals surface area contributed by atoms with Gasteiger partial charge in [0.15, 0.2) is 0 Å². The summed E-state index contributed by atoms with van der Waals surface area (Å²) in [6.45, 7) is 13.2. The molecule has 0 unspecified atom stereocenters. The van der Waals surface area contributed by atoms with Crippen molar-refractivity contribution in [3.63, 3.8) is 0 Å². The molecule has 1 aliphatic rings. The maximum atomic E-state index is 10.5. The largest absolute Gasteiger partial charge is 0.401 e. The van der Waals surface area contributed by atoms with Gasteiger partial charge in [-0.2, -0.15) is 0 Å². The molecule has 116 valence electrons. The molecular formula is C17H28O2Si2. The van der Waals surface area contributed by atoms with Crippen LogP contribution in [0.1, 0.15) is 13.3 Å². The van der Waals surface area contributed by atoms with Crippen LogP contribution in [0.15, 0.2) is 42.1 Å². The van der Waals surface area contributed by atoms with Gasteiger partial charge in [0, 0.05) is 6.42 Å². The first-order chi connectivity index (χ1) is 9.48. The molecule has 4 heteroatoms. The maximum Gasteiger partial charge on any atom is 0.219 e. The summed E-state index contributed by atoms with van der Waals surface area (Å²) in [5, 5.41) is 11.8. The van der Waals surface area contributed by atoms with Crippen molar-refractivity contribution in [1.82, 2.24) is 0 Å². The van der Waals surface area contributed by atoms with Crippen LogP contribution in [0.3, 0.4) is 0 Å². The average Bonchev–Trinajstić information content (AvgIpc) is 2.88. The van der Waals surface area contributed by atoms with E-state index in [-0.39, 0.29) is 0 Å². The fourth-order valence-electron chi connectivity index (χ4n) is 2.62. The molecule has 1 aromatic rings. The number of rotatable bonds is 5. The Labute approximate surface area is 131 Å². The molecule has 1 aliphatic carbocycles. The monoisotopic (exact) mass is 320 g/mol. The van der Waals surface area contributed by atoms with Gasteiger partial charge in [0.25, 0.3) is 0 Å². The molecule has 2 nitrogen and oxygen atoms in total. The highest BCUT2D eigenvalue weighted by Gasteiger charge is 2.65. The quantitative estimate of drug-likeness (QED) is 0.842. The third-order valence-electron chi connectivity index (χ3n) is 4.15. The summed E-state index contributed by atoms with van der Waals surface area (Å²) in [6.07, 6.45) is 2.85. The van der Waals surface area contributed by atoms with Crippen LogP contribution in [0.2, 0.25) is 32.7 Å². The Morgan fingerprint density at radius 2 is 1.62 bits per heavy atom. The summed E-state index contributed by atoms with van der Waals surface area (Å²) in [7, 11) is -3.33. The van der Waals surface area contributed by atoms with E-state index in [2.05, 4.69) is 68.8 Å². The number of hydrogen-bond donors (Lipinski definition) is 1. The molecule has 0 heterocycles. The molecule has 0 bridgehead atoms. The Kier molecular flexibility index (Phi) is 4.13. The van der Waals surface area contributed by atoms with Gasteiger partial charge in [-0.15, -0.1) is 0 Å². The van der Waals surface area contributed by atoms with Crippen LogP contribution >= 0.6 is 0 Å². The first-order valence-corrected chi connectivity index (χ1v) is 14.1. The maximum absolute atomic E-state index is 10.5. The van der Waals surface area contributed by atoms with E-state index in [1.807, 2.05) is 13.0 Å². The van der Waals surface area contributed by atoms with Crippen LogP contribution < -0.4 is 5.19 Å². The van der Waals surface area contributed by atoms with Crippen LogP contribution in [-0.4, -0.2) is 32.7 Å². The van der Waals surface area contributed by atoms with Crippen LogP contribution in [0.4, 0.5) is 0 Å². The van der Waals surface area contributed by atoms with E-state index in [1.54, 1.807) is 0 Å². The van der Waals surface area contributed by atoms with E-state index in [0.29, 0.717) is 6.42 Å². The van der Waals surface area contributed by atoms with Gasteiger partial charge >= 0.3 is 0 Å². The normalized spacial score (nSPS) is 29.9. The third kappa shape index (κ3) is 3.75. The second-order valence-electron chi connectivity index (χ2n) is 8.02. The molecule has 1 saturated carbocycles. The van der Waals surface area contributed by atoms with E-state index in [1.165, 1.54) is 5.19 Å². The Balaban J connectivity index is 2.24. The molecule has 0 saturated heterocycles. The molecule has 0 aromatic heterocycles. The minimum Gasteiger partial charge on any atom is -0.401 e. The van der Waals surface area contributed by atoms with Crippen molar-refractivity contribution in [2.24, 2.45) is 0 Å². The van der Waals surface area contributed by atoms with Crippen LogP contribution in [-0.2, 0) is 4.43 Å². The predicted molar refractivity (Wildman–Crippen MR) is 95.1 cm³/mol. The highest BCUT2D eigenvalue weighted by atomic mass is 28.4. The molecule has 2 rings (SSSR count). The summed E-state index contributed by atoms with van der Waals surface area (Å²) < 4.78 is 6.56. The van der Waals surface area contributed by atoms with Crippen molar-refractivity contribution in [3.05, 3.63) is 42.1 Å². The lowest BCUT2D eigenvalue weighted by Crippen LogP contribution is -2.49. The molecule has 1 fully saturated rings. The number of benzene rings is 1. The fraction of sp³-hybridized carbons (Fsp3) is 0.529. The highest BCUT2D eigenvalue weighted by Crippen LogP contribution is 2.53. The third-order valence-corrected chi connectivity index (χ3v) is 7.92. The van der Waals surface area contributed by atoms with Crippen molar-refractivity contribution in [3.8, 4) is 0 Å². The molecule has 0 spiro atoms. The van der Waals surface area contributed by atoms with Crippen molar-refractivity contribution < 1.29 is 9.53 Å². The Bertz CT molecular complexity index is 529. The van der Waals surface area contributed by atoms with Crippen molar-refractivity contribution in [1.29, 1.82) is 0 Å². The topological polar surface area (TPSA) is 29.5 Å². The minimum atomic E-state index is -2.03. The Morgan fingerprint density at radius 3 is 2.05 bits per heavy atom. The fourth-order valence-corrected chi connectivity index (χ4v) is 5.78. The molecular weight excluding hydrogens is 292 g/mol. The second kappa shape index (κ2) is 5.19. The van der Waals surface area contributed by atoms with Gasteiger partial charge in [-0.1, -0.05) is 61.7 Å². The molecule has 0 amide bonds. The highest BCUT2D eigenvalue weighted by molar-refractivity contribution is 6.84. The molecule has 1 N–H and O–H groups in total. The minimum absolute atomic E-state index is 0.487. The zero-order valence-corrected chi connectivity index (χ0v) is 16.1. The standard InChI is InChI=1S/C17H28O2Si2/c1-16(18)14-17(16,12-13-20(2,3)4)19-21(5,6)15-10-8-7-9-11-15/h7-13,18H,14H2,1-6H3/b13-12-/t16-,17+/m0/s1. The summed E-state index contributed by atoms with van der Waals surface area (Å²) in [5.74, 6) is 0. The summed E-state index contributed by atoms with van der Waals surface area (Å²) in [5.41, 5.74) is 1.07. The first-order valence-electron chi connectivity index (χ1n) is 7.66. The Morgan fingerprint density at radius 1 is 1.10 bits per heavy atom. The second-order valence-corrected chi connectivity index (χ2v) is 16.9. The van der Waals surface area contributed by atoms with Crippen LogP contribution in [0.25, 0.3) is 0 Å². The van der Waals surface area contributed by atoms with Crippen molar-refractivity contribution in [2.45, 2.75) is 57.3 Å². The average molecular weight is 321 g/mol. The van der Waals surface area contributed by atoms with E-state index in [0.717, 1.165) is 0 Å². The molecule has 0 radical (unpaired) electrons. The van der Waals surface area contributed by atoms with E-state index in [9.17, 15) is 5.11 Å². The van der Waals surface area contributed by atoms with Gasteiger partial charge in [-0.25, -0.2) is 0 Å². The van der Waals surface area contributed by atoms with Gasteiger partial charge in [-0.3, -0.25) is 0 Å². The summed E-state index contributed by atoms with van der Waals surface area (Å²) in [6, 6.07) is 10.4. The smallest absolute Gasteiger partial charge is 0.219 e. The zero-order valence-electron chi connectivity index (χ0n) is 14.1. The van der Waals surface area contributed by atoms with E-state index >= 15 is 0 Å². The lowest BCUT2D eigenvalue weighted by atomic mass is 10.2. The molecule has 21 heavy (non-hydrogen) atoms. The molecule has 0 aliphatic heterocycles.